The lowest BCUT2D eigenvalue weighted by Gasteiger charge is -2.18. The molecule has 0 rings (SSSR count). The third kappa shape index (κ3) is 59.5. The van der Waals surface area contributed by atoms with Gasteiger partial charge in [0.1, 0.15) is 13.2 Å². The van der Waals surface area contributed by atoms with Crippen molar-refractivity contribution in [3.63, 3.8) is 0 Å². The summed E-state index contributed by atoms with van der Waals surface area (Å²) in [4.78, 5) is 38.3. The van der Waals surface area contributed by atoms with Gasteiger partial charge in [0, 0.05) is 19.3 Å². The number of hydrogen-bond acceptors (Lipinski definition) is 6. The van der Waals surface area contributed by atoms with Crippen LogP contribution >= 0.6 is 0 Å². The van der Waals surface area contributed by atoms with Gasteiger partial charge in [-0.05, 0) is 116 Å². The molecule has 1 unspecified atom stereocenters. The van der Waals surface area contributed by atoms with Gasteiger partial charge in [0.15, 0.2) is 6.10 Å². The van der Waals surface area contributed by atoms with Gasteiger partial charge in [0.2, 0.25) is 0 Å². The Balaban J connectivity index is 4.38. The van der Waals surface area contributed by atoms with Crippen molar-refractivity contribution in [2.45, 2.75) is 316 Å². The van der Waals surface area contributed by atoms with Crippen molar-refractivity contribution in [3.8, 4) is 0 Å². The molecule has 0 N–H and O–H groups in total. The fourth-order valence-corrected chi connectivity index (χ4v) is 8.87. The molecule has 0 aromatic rings. The zero-order valence-corrected chi connectivity index (χ0v) is 48.8. The molecule has 0 aliphatic heterocycles. The molecule has 6 heteroatoms. The lowest BCUT2D eigenvalue weighted by atomic mass is 10.1. The number of hydrogen-bond donors (Lipinski definition) is 0. The predicted octanol–water partition coefficient (Wildman–Crippen LogP) is 21.5. The van der Waals surface area contributed by atoms with Crippen molar-refractivity contribution in [2.24, 2.45) is 0 Å². The molecule has 0 saturated heterocycles. The van der Waals surface area contributed by atoms with Crippen molar-refractivity contribution in [1.82, 2.24) is 0 Å². The summed E-state index contributed by atoms with van der Waals surface area (Å²) in [5.41, 5.74) is 0. The Labute approximate surface area is 458 Å². The van der Waals surface area contributed by atoms with Gasteiger partial charge in [0.05, 0.1) is 0 Å². The summed E-state index contributed by atoms with van der Waals surface area (Å²) >= 11 is 0. The number of allylic oxidation sites excluding steroid dienone is 14. The van der Waals surface area contributed by atoms with Gasteiger partial charge >= 0.3 is 17.9 Å². The summed E-state index contributed by atoms with van der Waals surface area (Å²) in [6.45, 7) is 6.52. The minimum atomic E-state index is -0.787. The second kappa shape index (κ2) is 62.1. The first-order valence-electron chi connectivity index (χ1n) is 31.6. The highest BCUT2D eigenvalue weighted by Crippen LogP contribution is 2.16. The van der Waals surface area contributed by atoms with E-state index in [4.69, 9.17) is 14.2 Å². The number of esters is 3. The van der Waals surface area contributed by atoms with E-state index in [1.807, 2.05) is 0 Å². The van der Waals surface area contributed by atoms with Crippen LogP contribution in [0.25, 0.3) is 0 Å². The molecule has 0 aromatic carbocycles. The summed E-state index contributed by atoms with van der Waals surface area (Å²) in [6.07, 6.45) is 81.5. The molecule has 0 fully saturated rings. The van der Waals surface area contributed by atoms with Crippen molar-refractivity contribution in [3.05, 3.63) is 85.1 Å². The van der Waals surface area contributed by atoms with E-state index >= 15 is 0 Å². The van der Waals surface area contributed by atoms with Gasteiger partial charge in [-0.2, -0.15) is 0 Å². The molecule has 0 aromatic heterocycles. The first-order chi connectivity index (χ1) is 36.5. The van der Waals surface area contributed by atoms with Crippen molar-refractivity contribution in [1.29, 1.82) is 0 Å². The lowest BCUT2D eigenvalue weighted by Crippen LogP contribution is -2.30. The second-order valence-electron chi connectivity index (χ2n) is 20.9. The molecule has 0 saturated carbocycles. The molecular formula is C68H118O6. The Bertz CT molecular complexity index is 1420. The van der Waals surface area contributed by atoms with E-state index in [0.29, 0.717) is 19.3 Å². The largest absolute Gasteiger partial charge is 0.462 e. The van der Waals surface area contributed by atoms with Gasteiger partial charge in [-0.25, -0.2) is 0 Å². The molecule has 6 nitrogen and oxygen atoms in total. The molecule has 426 valence electrons. The Kier molecular flexibility index (Phi) is 59.3. The molecule has 0 heterocycles. The van der Waals surface area contributed by atoms with Crippen LogP contribution in [0.2, 0.25) is 0 Å². The molecular weight excluding hydrogens is 913 g/mol. The van der Waals surface area contributed by atoms with Gasteiger partial charge in [-0.1, -0.05) is 260 Å². The molecule has 0 spiro atoms. The van der Waals surface area contributed by atoms with Crippen LogP contribution in [0, 0.1) is 0 Å². The third-order valence-electron chi connectivity index (χ3n) is 13.6. The van der Waals surface area contributed by atoms with Gasteiger partial charge < -0.3 is 14.2 Å². The second-order valence-corrected chi connectivity index (χ2v) is 20.9. The molecule has 74 heavy (non-hydrogen) atoms. The van der Waals surface area contributed by atoms with E-state index in [1.165, 1.54) is 167 Å². The SMILES string of the molecule is CC/C=C\C/C=C\C/C=C\C/C=C\CCCCCCCCCCC(=O)OCC(COC(=O)CCCCCCC/C=C\CCCCCCC)OC(=O)CCCCCCCCCCC/C=C\C/C=C\CCCCCCC. The molecule has 0 bridgehead atoms. The summed E-state index contributed by atoms with van der Waals surface area (Å²) in [5, 5.41) is 0. The Morgan fingerprint density at radius 1 is 0.284 bits per heavy atom. The van der Waals surface area contributed by atoms with E-state index in [2.05, 4.69) is 106 Å². The maximum atomic E-state index is 12.9. The van der Waals surface area contributed by atoms with Crippen LogP contribution < -0.4 is 0 Å². The summed E-state index contributed by atoms with van der Waals surface area (Å²) in [5.74, 6) is -0.893. The smallest absolute Gasteiger partial charge is 0.306 e. The standard InChI is InChI=1S/C68H118O6/c1-4-7-10-13-16-19-22-25-28-30-32-34-36-38-40-43-46-49-52-55-58-61-67(70)73-64-65(63-72-66(69)60-57-54-51-48-45-42-27-24-21-18-15-12-9-6-3)74-68(71)62-59-56-53-50-47-44-41-39-37-35-33-31-29-26-23-20-17-14-11-8-5-2/h7,10,16,19,23-28,31-34,65H,4-6,8-9,11-15,17-18,20-22,29-30,35-64H2,1-3H3/b10-7-,19-16-,26-23-,27-24-,28-25-,33-31-,34-32-. The maximum absolute atomic E-state index is 12.9. The average Bonchev–Trinajstić information content (AvgIpc) is 3.40. The van der Waals surface area contributed by atoms with Crippen molar-refractivity contribution >= 4 is 17.9 Å². The molecule has 1 atom stereocenters. The fraction of sp³-hybridized carbons (Fsp3) is 0.750. The lowest BCUT2D eigenvalue weighted by molar-refractivity contribution is -0.167. The fourth-order valence-electron chi connectivity index (χ4n) is 8.87. The first-order valence-corrected chi connectivity index (χ1v) is 31.6. The predicted molar refractivity (Wildman–Crippen MR) is 321 cm³/mol. The van der Waals surface area contributed by atoms with E-state index in [0.717, 1.165) is 103 Å². The average molecular weight is 1030 g/mol. The highest BCUT2D eigenvalue weighted by Gasteiger charge is 2.19. The topological polar surface area (TPSA) is 78.9 Å². The number of carbonyl (C=O) groups is 3. The Morgan fingerprint density at radius 3 is 0.838 bits per heavy atom. The quantitative estimate of drug-likeness (QED) is 0.0261. The zero-order valence-electron chi connectivity index (χ0n) is 48.8. The number of unbranched alkanes of at least 4 members (excludes halogenated alkanes) is 32. The highest BCUT2D eigenvalue weighted by atomic mass is 16.6. The first kappa shape index (κ1) is 70.6. The molecule has 0 aliphatic carbocycles. The minimum absolute atomic E-state index is 0.0842. The van der Waals surface area contributed by atoms with Crippen LogP contribution in [0.4, 0.5) is 0 Å². The summed E-state index contributed by atoms with van der Waals surface area (Å²) < 4.78 is 16.9. The van der Waals surface area contributed by atoms with Crippen molar-refractivity contribution in [2.75, 3.05) is 13.2 Å². The van der Waals surface area contributed by atoms with Gasteiger partial charge in [-0.3, -0.25) is 14.4 Å². The normalized spacial score (nSPS) is 12.6. The van der Waals surface area contributed by atoms with Gasteiger partial charge in [-0.15, -0.1) is 0 Å². The van der Waals surface area contributed by atoms with Crippen molar-refractivity contribution < 1.29 is 28.6 Å². The molecule has 0 radical (unpaired) electrons. The highest BCUT2D eigenvalue weighted by molar-refractivity contribution is 5.71. The number of rotatable bonds is 57. The summed E-state index contributed by atoms with van der Waals surface area (Å²) in [7, 11) is 0. The molecule has 0 amide bonds. The van der Waals surface area contributed by atoms with Crippen LogP contribution in [0.3, 0.4) is 0 Å². The maximum Gasteiger partial charge on any atom is 0.306 e. The third-order valence-corrected chi connectivity index (χ3v) is 13.6. The Hall–Kier alpha value is -3.41. The molecule has 0 aliphatic rings. The van der Waals surface area contributed by atoms with E-state index in [9.17, 15) is 14.4 Å². The monoisotopic (exact) mass is 1030 g/mol. The van der Waals surface area contributed by atoms with E-state index in [1.54, 1.807) is 0 Å². The van der Waals surface area contributed by atoms with Crippen LogP contribution in [-0.4, -0.2) is 37.2 Å². The summed E-state index contributed by atoms with van der Waals surface area (Å²) in [6, 6.07) is 0. The van der Waals surface area contributed by atoms with Gasteiger partial charge in [0.25, 0.3) is 0 Å². The number of carbonyl (C=O) groups excluding carboxylic acids is 3. The van der Waals surface area contributed by atoms with E-state index in [-0.39, 0.29) is 31.1 Å². The number of ether oxygens (including phenoxy) is 3. The Morgan fingerprint density at radius 2 is 0.527 bits per heavy atom. The van der Waals surface area contributed by atoms with Crippen LogP contribution in [0.15, 0.2) is 85.1 Å². The van der Waals surface area contributed by atoms with Crippen LogP contribution in [-0.2, 0) is 28.6 Å². The minimum Gasteiger partial charge on any atom is -0.462 e. The zero-order chi connectivity index (χ0) is 53.6. The van der Waals surface area contributed by atoms with E-state index < -0.39 is 6.10 Å². The van der Waals surface area contributed by atoms with Crippen LogP contribution in [0.5, 0.6) is 0 Å². The van der Waals surface area contributed by atoms with Crippen LogP contribution in [0.1, 0.15) is 310 Å².